The summed E-state index contributed by atoms with van der Waals surface area (Å²) in [6, 6.07) is 1.81. The minimum Gasteiger partial charge on any atom is -0.387 e. The maximum atomic E-state index is 13.5. The van der Waals surface area contributed by atoms with Crippen LogP contribution in [0.5, 0.6) is 0 Å². The van der Waals surface area contributed by atoms with Crippen LogP contribution in [0, 0.1) is 17.0 Å². The molecule has 7 heteroatoms. The molecule has 5 nitrogen and oxygen atoms in total. The summed E-state index contributed by atoms with van der Waals surface area (Å²) in [5.74, 6) is -2.10. The average Bonchev–Trinajstić information content (AvgIpc) is 3.06. The lowest BCUT2D eigenvalue weighted by Crippen LogP contribution is -2.60. The van der Waals surface area contributed by atoms with Crippen LogP contribution in [0.3, 0.4) is 0 Å². The molecule has 2 fully saturated rings. The minimum absolute atomic E-state index is 0.0272. The Morgan fingerprint density at radius 3 is 2.68 bits per heavy atom. The van der Waals surface area contributed by atoms with Crippen molar-refractivity contribution in [2.75, 3.05) is 13.1 Å². The van der Waals surface area contributed by atoms with Crippen molar-refractivity contribution in [2.45, 2.75) is 44.2 Å². The van der Waals surface area contributed by atoms with Gasteiger partial charge < -0.3 is 10.4 Å². The molecule has 2 heterocycles. The Kier molecular flexibility index (Phi) is 3.88. The first kappa shape index (κ1) is 16.6. The van der Waals surface area contributed by atoms with Crippen molar-refractivity contribution in [1.82, 2.24) is 14.9 Å². The van der Waals surface area contributed by atoms with Gasteiger partial charge in [0.1, 0.15) is 0 Å². The molecular weight excluding hydrogens is 328 g/mol. The minimum atomic E-state index is -1.07. The first-order valence-electron chi connectivity index (χ1n) is 8.72. The molecule has 25 heavy (non-hydrogen) atoms. The largest absolute Gasteiger partial charge is 0.387 e. The highest BCUT2D eigenvalue weighted by molar-refractivity contribution is 5.77. The van der Waals surface area contributed by atoms with Crippen LogP contribution in [0.1, 0.15) is 32.1 Å². The Morgan fingerprint density at radius 2 is 1.92 bits per heavy atom. The smallest absolute Gasteiger partial charge is 0.261 e. The quantitative estimate of drug-likeness (QED) is 0.870. The Bertz CT molecular complexity index is 876. The Morgan fingerprint density at radius 1 is 1.20 bits per heavy atom. The van der Waals surface area contributed by atoms with Crippen molar-refractivity contribution in [3.8, 4) is 0 Å². The summed E-state index contributed by atoms with van der Waals surface area (Å²) in [6.45, 7) is 1.54. The van der Waals surface area contributed by atoms with Gasteiger partial charge in [0.05, 0.1) is 29.4 Å². The molecule has 134 valence electrons. The second kappa shape index (κ2) is 5.85. The van der Waals surface area contributed by atoms with Crippen LogP contribution in [0.15, 0.2) is 23.3 Å². The molecule has 0 bridgehead atoms. The fourth-order valence-electron chi connectivity index (χ4n) is 4.54. The van der Waals surface area contributed by atoms with Crippen LogP contribution in [0.4, 0.5) is 8.78 Å². The van der Waals surface area contributed by atoms with Gasteiger partial charge in [-0.15, -0.1) is 0 Å². The van der Waals surface area contributed by atoms with Crippen LogP contribution in [0.2, 0.25) is 0 Å². The maximum Gasteiger partial charge on any atom is 0.261 e. The third kappa shape index (κ3) is 2.57. The summed E-state index contributed by atoms with van der Waals surface area (Å²) in [5.41, 5.74) is -1.59. The lowest BCUT2D eigenvalue weighted by atomic mass is 9.66. The molecule has 2 N–H and O–H groups in total. The number of benzene rings is 1. The zero-order valence-corrected chi connectivity index (χ0v) is 13.9. The van der Waals surface area contributed by atoms with Gasteiger partial charge in [0.25, 0.3) is 5.56 Å². The van der Waals surface area contributed by atoms with Gasteiger partial charge in [-0.1, -0.05) is 12.8 Å². The Balaban J connectivity index is 1.76. The monoisotopic (exact) mass is 349 g/mol. The molecule has 1 atom stereocenters. The zero-order valence-electron chi connectivity index (χ0n) is 13.9. The van der Waals surface area contributed by atoms with E-state index in [-0.39, 0.29) is 22.9 Å². The highest BCUT2D eigenvalue weighted by Gasteiger charge is 2.53. The van der Waals surface area contributed by atoms with E-state index in [9.17, 15) is 18.7 Å². The van der Waals surface area contributed by atoms with Crippen LogP contribution < -0.4 is 10.9 Å². The number of aliphatic hydroxyl groups is 1. The van der Waals surface area contributed by atoms with Crippen molar-refractivity contribution in [1.29, 1.82) is 0 Å². The van der Waals surface area contributed by atoms with Crippen molar-refractivity contribution in [2.24, 2.45) is 5.41 Å². The zero-order chi connectivity index (χ0) is 17.7. The van der Waals surface area contributed by atoms with Crippen LogP contribution in [-0.4, -0.2) is 33.3 Å². The molecular formula is C18H21F2N3O2. The van der Waals surface area contributed by atoms with Crippen molar-refractivity contribution < 1.29 is 13.9 Å². The molecule has 2 aromatic rings. The van der Waals surface area contributed by atoms with E-state index < -0.39 is 22.8 Å². The van der Waals surface area contributed by atoms with E-state index in [4.69, 9.17) is 0 Å². The predicted molar refractivity (Wildman–Crippen MR) is 89.3 cm³/mol. The number of rotatable bonds is 2. The summed E-state index contributed by atoms with van der Waals surface area (Å²) in [6.07, 6.45) is 5.86. The van der Waals surface area contributed by atoms with Crippen molar-refractivity contribution >= 4 is 10.9 Å². The summed E-state index contributed by atoms with van der Waals surface area (Å²) in [5, 5.41) is 14.8. The molecule has 1 saturated heterocycles. The molecule has 1 aliphatic heterocycles. The third-order valence-electron chi connectivity index (χ3n) is 6.02. The van der Waals surface area contributed by atoms with E-state index in [1.54, 1.807) is 0 Å². The number of hydrogen-bond acceptors (Lipinski definition) is 4. The molecule has 1 aromatic heterocycles. The second-order valence-electron chi connectivity index (χ2n) is 7.41. The number of halogens is 2. The number of nitrogens with zero attached hydrogens (tertiary/aromatic N) is 2. The molecule has 2 aliphatic rings. The lowest BCUT2D eigenvalue weighted by molar-refractivity contribution is -0.115. The van der Waals surface area contributed by atoms with Crippen molar-refractivity contribution in [3.05, 3.63) is 40.4 Å². The molecule has 0 radical (unpaired) electrons. The summed E-state index contributed by atoms with van der Waals surface area (Å²) >= 11 is 0. The van der Waals surface area contributed by atoms with E-state index in [1.807, 2.05) is 0 Å². The highest BCUT2D eigenvalue weighted by atomic mass is 19.2. The Hall–Kier alpha value is -1.86. The molecule has 1 spiro atoms. The Labute approximate surface area is 143 Å². The van der Waals surface area contributed by atoms with E-state index in [2.05, 4.69) is 10.3 Å². The summed E-state index contributed by atoms with van der Waals surface area (Å²) in [7, 11) is 0. The molecule has 1 saturated carbocycles. The SMILES string of the molecule is O=c1c2cc(F)c(F)cc2ncn1CC1(O)CCNCC12CCCC2. The predicted octanol–water partition coefficient (Wildman–Crippen LogP) is 1.96. The highest BCUT2D eigenvalue weighted by Crippen LogP contribution is 2.49. The number of piperidine rings is 1. The second-order valence-corrected chi connectivity index (χ2v) is 7.41. The molecule has 1 unspecified atom stereocenters. The van der Waals surface area contributed by atoms with E-state index in [0.29, 0.717) is 13.0 Å². The number of nitrogens with one attached hydrogen (secondary N) is 1. The maximum absolute atomic E-state index is 13.5. The number of hydrogen-bond donors (Lipinski definition) is 2. The van der Waals surface area contributed by atoms with Gasteiger partial charge in [0, 0.05) is 18.0 Å². The molecule has 1 aromatic carbocycles. The van der Waals surface area contributed by atoms with Gasteiger partial charge in [0.2, 0.25) is 0 Å². The third-order valence-corrected chi connectivity index (χ3v) is 6.02. The van der Waals surface area contributed by atoms with Crippen molar-refractivity contribution in [3.63, 3.8) is 0 Å². The van der Waals surface area contributed by atoms with Gasteiger partial charge >= 0.3 is 0 Å². The fourth-order valence-corrected chi connectivity index (χ4v) is 4.54. The van der Waals surface area contributed by atoms with Crippen LogP contribution in [-0.2, 0) is 6.54 Å². The molecule has 4 rings (SSSR count). The fraction of sp³-hybridized carbons (Fsp3) is 0.556. The molecule has 0 amide bonds. The normalized spacial score (nSPS) is 25.7. The van der Waals surface area contributed by atoms with E-state index in [1.165, 1.54) is 10.9 Å². The topological polar surface area (TPSA) is 67.2 Å². The first-order valence-corrected chi connectivity index (χ1v) is 8.72. The standard InChI is InChI=1S/C18H21F2N3O2/c19-13-7-12-15(8-14(13)20)22-11-23(16(12)24)10-18(25)5-6-21-9-17(18)3-1-2-4-17/h7-8,11,21,25H,1-6,9-10H2. The van der Waals surface area contributed by atoms with Crippen LogP contribution >= 0.6 is 0 Å². The van der Waals surface area contributed by atoms with Gasteiger partial charge in [-0.2, -0.15) is 0 Å². The lowest BCUT2D eigenvalue weighted by Gasteiger charge is -2.49. The summed E-state index contributed by atoms with van der Waals surface area (Å²) in [4.78, 5) is 16.8. The van der Waals surface area contributed by atoms with Gasteiger partial charge in [-0.25, -0.2) is 13.8 Å². The number of fused-ring (bicyclic) bond motifs is 1. The van der Waals surface area contributed by atoms with Gasteiger partial charge in [-0.05, 0) is 31.9 Å². The summed E-state index contributed by atoms with van der Waals surface area (Å²) < 4.78 is 28.2. The van der Waals surface area contributed by atoms with E-state index >= 15 is 0 Å². The first-order chi connectivity index (χ1) is 11.9. The van der Waals surface area contributed by atoms with E-state index in [0.717, 1.165) is 44.4 Å². The molecule has 1 aliphatic carbocycles. The average molecular weight is 349 g/mol. The van der Waals surface area contributed by atoms with Gasteiger partial charge in [0.15, 0.2) is 11.6 Å². The van der Waals surface area contributed by atoms with Crippen LogP contribution in [0.25, 0.3) is 10.9 Å². The number of aromatic nitrogens is 2. The van der Waals surface area contributed by atoms with Gasteiger partial charge in [-0.3, -0.25) is 9.36 Å².